The lowest BCUT2D eigenvalue weighted by Gasteiger charge is -2.24. The number of carbonyl (C=O) groups is 1. The summed E-state index contributed by atoms with van der Waals surface area (Å²) >= 11 is 0. The summed E-state index contributed by atoms with van der Waals surface area (Å²) in [5.74, 6) is 0.960. The van der Waals surface area contributed by atoms with Crippen molar-refractivity contribution in [1.82, 2.24) is 10.3 Å². The second kappa shape index (κ2) is 8.13. The molecule has 2 rings (SSSR count). The zero-order valence-corrected chi connectivity index (χ0v) is 14.5. The number of hydrogen-bond acceptors (Lipinski definition) is 4. The lowest BCUT2D eigenvalue weighted by atomic mass is 9.96. The number of aromatic nitrogens is 1. The fraction of sp³-hybridized carbons (Fsp3) is 0.412. The van der Waals surface area contributed by atoms with Gasteiger partial charge in [-0.25, -0.2) is 4.98 Å². The highest BCUT2D eigenvalue weighted by Crippen LogP contribution is 2.23. The molecule has 126 valence electrons. The Balaban J connectivity index is 0.00000264. The first-order valence-corrected chi connectivity index (χ1v) is 7.55. The Morgan fingerprint density at radius 3 is 2.65 bits per heavy atom. The quantitative estimate of drug-likeness (QED) is 0.845. The summed E-state index contributed by atoms with van der Waals surface area (Å²) in [4.78, 5) is 16.5. The normalized spacial score (nSPS) is 14.4. The molecule has 0 aliphatic heterocycles. The van der Waals surface area contributed by atoms with Crippen molar-refractivity contribution >= 4 is 18.3 Å². The Labute approximate surface area is 143 Å². The van der Waals surface area contributed by atoms with Gasteiger partial charge in [0.05, 0.1) is 11.7 Å². The van der Waals surface area contributed by atoms with Gasteiger partial charge in [0.2, 0.25) is 11.8 Å². The van der Waals surface area contributed by atoms with Crippen molar-refractivity contribution in [2.45, 2.75) is 45.2 Å². The van der Waals surface area contributed by atoms with Crippen LogP contribution >= 0.6 is 12.4 Å². The van der Waals surface area contributed by atoms with Crippen LogP contribution in [0.1, 0.15) is 45.5 Å². The molecule has 0 spiro atoms. The van der Waals surface area contributed by atoms with Gasteiger partial charge in [0.25, 0.3) is 0 Å². The number of nitrogens with two attached hydrogens (primary N) is 1. The Morgan fingerprint density at radius 2 is 2.04 bits per heavy atom. The van der Waals surface area contributed by atoms with E-state index in [-0.39, 0.29) is 24.4 Å². The Hall–Kier alpha value is -1.85. The number of amides is 1. The minimum Gasteiger partial charge on any atom is -0.438 e. The van der Waals surface area contributed by atoms with Crippen LogP contribution in [0.5, 0.6) is 0 Å². The van der Waals surface area contributed by atoms with Gasteiger partial charge in [-0.2, -0.15) is 0 Å². The first kappa shape index (κ1) is 19.2. The van der Waals surface area contributed by atoms with Crippen molar-refractivity contribution in [2.75, 3.05) is 0 Å². The van der Waals surface area contributed by atoms with Gasteiger partial charge in [0.1, 0.15) is 6.04 Å². The van der Waals surface area contributed by atoms with Gasteiger partial charge in [0, 0.05) is 5.56 Å². The molecule has 6 heteroatoms. The molecule has 2 aromatic rings. The van der Waals surface area contributed by atoms with Gasteiger partial charge in [-0.15, -0.1) is 12.4 Å². The summed E-state index contributed by atoms with van der Waals surface area (Å²) in [6, 6.07) is 9.39. The van der Waals surface area contributed by atoms with Crippen LogP contribution in [-0.4, -0.2) is 16.4 Å². The summed E-state index contributed by atoms with van der Waals surface area (Å²) in [6.07, 6.45) is 3.15. The van der Waals surface area contributed by atoms with Crippen LogP contribution in [0.2, 0.25) is 0 Å². The second-order valence-corrected chi connectivity index (χ2v) is 5.79. The third-order valence-corrected chi connectivity index (χ3v) is 3.59. The van der Waals surface area contributed by atoms with E-state index in [0.29, 0.717) is 18.1 Å². The van der Waals surface area contributed by atoms with Gasteiger partial charge < -0.3 is 15.5 Å². The Kier molecular flexibility index (Phi) is 6.79. The molecule has 2 atom stereocenters. The first-order chi connectivity index (χ1) is 10.4. The highest BCUT2D eigenvalue weighted by atomic mass is 35.5. The fourth-order valence-electron chi connectivity index (χ4n) is 2.28. The largest absolute Gasteiger partial charge is 0.438 e. The fourth-order valence-corrected chi connectivity index (χ4v) is 2.28. The molecule has 5 nitrogen and oxygen atoms in total. The summed E-state index contributed by atoms with van der Waals surface area (Å²) in [5, 5.41) is 2.87. The minimum absolute atomic E-state index is 0. The van der Waals surface area contributed by atoms with Crippen molar-refractivity contribution < 1.29 is 9.21 Å². The predicted octanol–water partition coefficient (Wildman–Crippen LogP) is 3.46. The smallest absolute Gasteiger partial charge is 0.240 e. The predicted molar refractivity (Wildman–Crippen MR) is 93.2 cm³/mol. The zero-order chi connectivity index (χ0) is 16.2. The topological polar surface area (TPSA) is 81.2 Å². The van der Waals surface area contributed by atoms with Crippen molar-refractivity contribution in [2.24, 2.45) is 5.73 Å². The van der Waals surface area contributed by atoms with Gasteiger partial charge in [-0.05, 0) is 20.3 Å². The standard InChI is InChI=1S/C17H23N3O2.ClH/c1-4-10-17(3,18)16(21)20-12(2)15-19-11-14(22-15)13-8-6-5-7-9-13;/h5-9,11-12H,4,10,18H2,1-3H3,(H,20,21);1H. The molecule has 0 fully saturated rings. The average Bonchev–Trinajstić information content (AvgIpc) is 2.98. The summed E-state index contributed by atoms with van der Waals surface area (Å²) < 4.78 is 5.74. The molecule has 0 saturated heterocycles. The van der Waals surface area contributed by atoms with Gasteiger partial charge >= 0.3 is 0 Å². The van der Waals surface area contributed by atoms with Crippen LogP contribution in [0.25, 0.3) is 11.3 Å². The maximum atomic E-state index is 12.2. The SMILES string of the molecule is CCCC(C)(N)C(=O)NC(C)c1ncc(-c2ccccc2)o1.Cl. The van der Waals surface area contributed by atoms with Crippen LogP contribution in [-0.2, 0) is 4.79 Å². The molecule has 0 bridgehead atoms. The Morgan fingerprint density at radius 1 is 1.39 bits per heavy atom. The number of carbonyl (C=O) groups excluding carboxylic acids is 1. The third-order valence-electron chi connectivity index (χ3n) is 3.59. The average molecular weight is 338 g/mol. The van der Waals surface area contributed by atoms with Crippen molar-refractivity contribution in [3.05, 3.63) is 42.4 Å². The van der Waals surface area contributed by atoms with E-state index in [2.05, 4.69) is 10.3 Å². The molecule has 1 heterocycles. The number of oxazole rings is 1. The van der Waals surface area contributed by atoms with Gasteiger partial charge in [0.15, 0.2) is 5.76 Å². The maximum Gasteiger partial charge on any atom is 0.240 e. The Bertz CT molecular complexity index is 626. The van der Waals surface area contributed by atoms with E-state index in [1.165, 1.54) is 0 Å². The molecule has 0 aliphatic rings. The van der Waals surface area contributed by atoms with Gasteiger partial charge in [-0.3, -0.25) is 4.79 Å². The molecule has 23 heavy (non-hydrogen) atoms. The number of hydrogen-bond donors (Lipinski definition) is 2. The number of nitrogens with zero attached hydrogens (tertiary/aromatic N) is 1. The van der Waals surface area contributed by atoms with E-state index in [9.17, 15) is 4.79 Å². The minimum atomic E-state index is -0.877. The summed E-state index contributed by atoms with van der Waals surface area (Å²) in [5.41, 5.74) is 6.11. The lowest BCUT2D eigenvalue weighted by Crippen LogP contribution is -2.52. The molecule has 0 saturated carbocycles. The number of benzene rings is 1. The van der Waals surface area contributed by atoms with Crippen molar-refractivity contribution in [3.8, 4) is 11.3 Å². The number of rotatable bonds is 6. The van der Waals surface area contributed by atoms with Crippen LogP contribution < -0.4 is 11.1 Å². The van der Waals surface area contributed by atoms with Crippen molar-refractivity contribution in [3.63, 3.8) is 0 Å². The molecule has 1 aromatic carbocycles. The molecule has 0 aliphatic carbocycles. The third kappa shape index (κ3) is 4.81. The molecule has 1 aromatic heterocycles. The van der Waals surface area contributed by atoms with E-state index in [4.69, 9.17) is 10.2 Å². The first-order valence-electron chi connectivity index (χ1n) is 7.55. The molecular formula is C17H24ClN3O2. The molecule has 2 unspecified atom stereocenters. The maximum absolute atomic E-state index is 12.2. The zero-order valence-electron chi connectivity index (χ0n) is 13.7. The highest BCUT2D eigenvalue weighted by molar-refractivity contribution is 5.86. The van der Waals surface area contributed by atoms with Crippen molar-refractivity contribution in [1.29, 1.82) is 0 Å². The second-order valence-electron chi connectivity index (χ2n) is 5.79. The van der Waals surface area contributed by atoms with E-state index < -0.39 is 5.54 Å². The molecule has 3 N–H and O–H groups in total. The van der Waals surface area contributed by atoms with Crippen LogP contribution in [0.3, 0.4) is 0 Å². The van der Waals surface area contributed by atoms with Crippen LogP contribution in [0.4, 0.5) is 0 Å². The number of halogens is 1. The lowest BCUT2D eigenvalue weighted by molar-refractivity contribution is -0.126. The summed E-state index contributed by atoms with van der Waals surface area (Å²) in [6.45, 7) is 5.58. The monoisotopic (exact) mass is 337 g/mol. The van der Waals surface area contributed by atoms with E-state index in [1.54, 1.807) is 13.1 Å². The number of nitrogens with one attached hydrogen (secondary N) is 1. The molecule has 0 radical (unpaired) electrons. The van der Waals surface area contributed by atoms with E-state index in [0.717, 1.165) is 12.0 Å². The molecule has 1 amide bonds. The molecular weight excluding hydrogens is 314 g/mol. The van der Waals surface area contributed by atoms with Crippen LogP contribution in [0, 0.1) is 0 Å². The summed E-state index contributed by atoms with van der Waals surface area (Å²) in [7, 11) is 0. The van der Waals surface area contributed by atoms with E-state index in [1.807, 2.05) is 44.2 Å². The van der Waals surface area contributed by atoms with E-state index >= 15 is 0 Å². The highest BCUT2D eigenvalue weighted by Gasteiger charge is 2.29. The van der Waals surface area contributed by atoms with Crippen LogP contribution in [0.15, 0.2) is 40.9 Å². The van der Waals surface area contributed by atoms with Gasteiger partial charge in [-0.1, -0.05) is 43.7 Å².